The van der Waals surface area contributed by atoms with Crippen molar-refractivity contribution < 1.29 is 28.4 Å². The fraction of sp³-hybridized carbons (Fsp3) is 0.429. The molecule has 7 rings (SSSR count). The third kappa shape index (κ3) is 4.14. The van der Waals surface area contributed by atoms with Gasteiger partial charge in [0.1, 0.15) is 36.4 Å². The minimum absolute atomic E-state index is 0.00805. The van der Waals surface area contributed by atoms with Gasteiger partial charge in [-0.05, 0) is 25.1 Å². The smallest absolute Gasteiger partial charge is 0.318 e. The number of rotatable bonds is 6. The lowest BCUT2D eigenvalue weighted by Gasteiger charge is -2.51. The van der Waals surface area contributed by atoms with Crippen molar-refractivity contribution in [2.75, 3.05) is 32.7 Å². The molecule has 5 aliphatic rings. The molecule has 1 N–H and O–H groups in total. The van der Waals surface area contributed by atoms with Crippen molar-refractivity contribution in [2.45, 2.75) is 38.0 Å². The number of nitrogens with zero attached hydrogens (tertiary/aromatic N) is 2. The number of amides is 1. The van der Waals surface area contributed by atoms with E-state index < -0.39 is 5.92 Å². The summed E-state index contributed by atoms with van der Waals surface area (Å²) >= 11 is 0. The molecule has 1 unspecified atom stereocenters. The van der Waals surface area contributed by atoms with Crippen LogP contribution in [0.4, 0.5) is 0 Å². The van der Waals surface area contributed by atoms with E-state index in [2.05, 4.69) is 5.32 Å². The third-order valence-corrected chi connectivity index (χ3v) is 8.09. The van der Waals surface area contributed by atoms with E-state index in [9.17, 15) is 9.59 Å². The van der Waals surface area contributed by atoms with E-state index in [0.717, 1.165) is 37.1 Å². The second kappa shape index (κ2) is 9.26. The molecular weight excluding hydrogens is 458 g/mol. The number of hydrogen-bond donors (Lipinski definition) is 1. The van der Waals surface area contributed by atoms with E-state index in [1.54, 1.807) is 11.3 Å². The van der Waals surface area contributed by atoms with E-state index in [1.165, 1.54) is 0 Å². The van der Waals surface area contributed by atoms with Gasteiger partial charge in [-0.25, -0.2) is 0 Å². The van der Waals surface area contributed by atoms with Crippen molar-refractivity contribution in [3.8, 4) is 11.5 Å². The van der Waals surface area contributed by atoms with Crippen molar-refractivity contribution in [3.63, 3.8) is 0 Å². The maximum atomic E-state index is 13.7. The summed E-state index contributed by atoms with van der Waals surface area (Å²) in [7, 11) is 0. The number of piperidine rings is 3. The van der Waals surface area contributed by atoms with Crippen molar-refractivity contribution in [2.24, 2.45) is 5.92 Å². The highest BCUT2D eigenvalue weighted by atomic mass is 16.7. The van der Waals surface area contributed by atoms with Crippen LogP contribution in [-0.4, -0.2) is 66.4 Å². The van der Waals surface area contributed by atoms with Crippen molar-refractivity contribution in [3.05, 3.63) is 72.0 Å². The summed E-state index contributed by atoms with van der Waals surface area (Å²) < 4.78 is 13.0. The Hall–Kier alpha value is -3.36. The molecule has 2 atom stereocenters. The molecule has 8 heteroatoms. The van der Waals surface area contributed by atoms with Crippen LogP contribution in [0.2, 0.25) is 0 Å². The van der Waals surface area contributed by atoms with Gasteiger partial charge in [-0.15, -0.1) is 5.06 Å². The zero-order valence-corrected chi connectivity index (χ0v) is 20.5. The number of hydroxylamine groups is 2. The number of likely N-dealkylation sites (N-methyl/N-ethyl adjacent to an activating group) is 1. The molecule has 0 aliphatic carbocycles. The van der Waals surface area contributed by atoms with Gasteiger partial charge >= 0.3 is 5.97 Å². The SMILES string of the molecule is CCN1OC=CC1NC(=O)C[N+]12CCC(CC1)[C@@H](OC(=O)C1c3ccccc3Oc3ccccc31)C2. The molecule has 0 radical (unpaired) electrons. The number of quaternary nitrogens is 1. The largest absolute Gasteiger partial charge is 0.457 e. The molecule has 0 saturated carbocycles. The van der Waals surface area contributed by atoms with E-state index in [1.807, 2.05) is 61.5 Å². The molecule has 3 saturated heterocycles. The molecule has 5 heterocycles. The number of para-hydroxylation sites is 2. The molecule has 2 bridgehead atoms. The normalized spacial score (nSPS) is 28.5. The Morgan fingerprint density at radius 2 is 1.72 bits per heavy atom. The fourth-order valence-electron chi connectivity index (χ4n) is 6.21. The quantitative estimate of drug-likeness (QED) is 0.495. The standard InChI is InChI=1S/C28H31N3O5/c1-2-30-25(13-16-34-30)29-26(32)18-31-14-11-19(12-15-31)24(17-31)36-28(33)27-20-7-3-5-9-22(20)35-23-10-6-4-8-21(23)27/h3-10,13,16,19,24-25,27H,2,11-12,14-15,17-18H2,1H3/p+1/t19?,24-,25?,31?/m0/s1. The number of carbonyl (C=O) groups is 2. The molecular formula is C28H32N3O5+. The Balaban J connectivity index is 1.17. The zero-order chi connectivity index (χ0) is 24.7. The Labute approximate surface area is 211 Å². The highest BCUT2D eigenvalue weighted by Gasteiger charge is 2.49. The van der Waals surface area contributed by atoms with Gasteiger partial charge in [0.05, 0.1) is 13.1 Å². The van der Waals surface area contributed by atoms with Gasteiger partial charge in [-0.1, -0.05) is 36.4 Å². The summed E-state index contributed by atoms with van der Waals surface area (Å²) in [4.78, 5) is 32.1. The van der Waals surface area contributed by atoms with Gasteiger partial charge in [0, 0.05) is 36.4 Å². The van der Waals surface area contributed by atoms with Gasteiger partial charge in [0.25, 0.3) is 5.91 Å². The number of fused-ring (bicyclic) bond motifs is 5. The molecule has 5 aliphatic heterocycles. The van der Waals surface area contributed by atoms with Gasteiger partial charge in [0.15, 0.2) is 12.6 Å². The van der Waals surface area contributed by atoms with Gasteiger partial charge in [-0.3, -0.25) is 9.59 Å². The van der Waals surface area contributed by atoms with Crippen LogP contribution in [0.1, 0.15) is 36.8 Å². The fourth-order valence-corrected chi connectivity index (χ4v) is 6.21. The number of hydrogen-bond acceptors (Lipinski definition) is 6. The van der Waals surface area contributed by atoms with Gasteiger partial charge in [0.2, 0.25) is 0 Å². The first-order valence-corrected chi connectivity index (χ1v) is 12.9. The topological polar surface area (TPSA) is 77.1 Å². The van der Waals surface area contributed by atoms with E-state index in [-0.39, 0.29) is 24.1 Å². The molecule has 0 aromatic heterocycles. The van der Waals surface area contributed by atoms with Crippen LogP contribution >= 0.6 is 0 Å². The van der Waals surface area contributed by atoms with Crippen LogP contribution in [0, 0.1) is 5.92 Å². The predicted octanol–water partition coefficient (Wildman–Crippen LogP) is 3.30. The molecule has 0 spiro atoms. The zero-order valence-electron chi connectivity index (χ0n) is 20.5. The monoisotopic (exact) mass is 490 g/mol. The number of carbonyl (C=O) groups excluding carboxylic acids is 2. The first kappa shape index (κ1) is 23.1. The molecule has 188 valence electrons. The number of nitrogens with one attached hydrogen (secondary N) is 1. The lowest BCUT2D eigenvalue weighted by molar-refractivity contribution is -0.939. The summed E-state index contributed by atoms with van der Waals surface area (Å²) in [6, 6.07) is 15.3. The average Bonchev–Trinajstić information content (AvgIpc) is 3.34. The lowest BCUT2D eigenvalue weighted by atomic mass is 9.82. The maximum Gasteiger partial charge on any atom is 0.318 e. The van der Waals surface area contributed by atoms with Crippen LogP contribution in [0.15, 0.2) is 60.9 Å². The van der Waals surface area contributed by atoms with Crippen LogP contribution < -0.4 is 10.1 Å². The first-order chi connectivity index (χ1) is 17.5. The van der Waals surface area contributed by atoms with E-state index in [0.29, 0.717) is 41.5 Å². The molecule has 36 heavy (non-hydrogen) atoms. The highest BCUT2D eigenvalue weighted by Crippen LogP contribution is 2.45. The summed E-state index contributed by atoms with van der Waals surface area (Å²) in [6.45, 7) is 5.58. The van der Waals surface area contributed by atoms with Crippen molar-refractivity contribution in [1.29, 1.82) is 0 Å². The van der Waals surface area contributed by atoms with E-state index >= 15 is 0 Å². The number of ether oxygens (including phenoxy) is 2. The number of benzene rings is 2. The molecule has 2 aromatic rings. The lowest BCUT2D eigenvalue weighted by Crippen LogP contribution is -2.67. The maximum absolute atomic E-state index is 13.7. The highest BCUT2D eigenvalue weighted by molar-refractivity contribution is 5.85. The van der Waals surface area contributed by atoms with Gasteiger partial charge < -0.3 is 24.1 Å². The Bertz CT molecular complexity index is 1140. The first-order valence-electron chi connectivity index (χ1n) is 12.9. The molecule has 8 nitrogen and oxygen atoms in total. The Kier molecular flexibility index (Phi) is 5.93. The van der Waals surface area contributed by atoms with Gasteiger partial charge in [-0.2, -0.15) is 0 Å². The van der Waals surface area contributed by atoms with E-state index in [4.69, 9.17) is 14.3 Å². The molecule has 2 aromatic carbocycles. The molecule has 1 amide bonds. The Morgan fingerprint density at radius 1 is 1.06 bits per heavy atom. The van der Waals surface area contributed by atoms with Crippen molar-refractivity contribution in [1.82, 2.24) is 10.4 Å². The average molecular weight is 491 g/mol. The molecule has 3 fully saturated rings. The second-order valence-electron chi connectivity index (χ2n) is 10.2. The minimum atomic E-state index is -0.521. The van der Waals surface area contributed by atoms with Crippen molar-refractivity contribution >= 4 is 11.9 Å². The third-order valence-electron chi connectivity index (χ3n) is 8.09. The minimum Gasteiger partial charge on any atom is -0.457 e. The van der Waals surface area contributed by atoms with Crippen LogP contribution in [-0.2, 0) is 19.2 Å². The number of esters is 1. The summed E-state index contributed by atoms with van der Waals surface area (Å²) in [5.74, 6) is 0.950. The second-order valence-corrected chi connectivity index (χ2v) is 10.2. The van der Waals surface area contributed by atoms with Crippen LogP contribution in [0.3, 0.4) is 0 Å². The van der Waals surface area contributed by atoms with Crippen LogP contribution in [0.25, 0.3) is 0 Å². The summed E-state index contributed by atoms with van der Waals surface area (Å²) in [5.41, 5.74) is 1.66. The summed E-state index contributed by atoms with van der Waals surface area (Å²) in [5, 5.41) is 4.80. The van der Waals surface area contributed by atoms with Crippen LogP contribution in [0.5, 0.6) is 11.5 Å². The Morgan fingerprint density at radius 3 is 2.39 bits per heavy atom. The predicted molar refractivity (Wildman–Crippen MR) is 132 cm³/mol. The summed E-state index contributed by atoms with van der Waals surface area (Å²) in [6.07, 6.45) is 4.93.